The van der Waals surface area contributed by atoms with Gasteiger partial charge in [-0.1, -0.05) is 76.1 Å². The maximum absolute atomic E-state index is 13.3. The van der Waals surface area contributed by atoms with Crippen molar-refractivity contribution < 1.29 is 9.90 Å². The van der Waals surface area contributed by atoms with Gasteiger partial charge >= 0.3 is 11.7 Å². The van der Waals surface area contributed by atoms with Crippen LogP contribution >= 0.6 is 0 Å². The summed E-state index contributed by atoms with van der Waals surface area (Å²) in [5, 5.41) is 9.49. The second kappa shape index (κ2) is 11.2. The molecule has 5 heteroatoms. The van der Waals surface area contributed by atoms with Crippen molar-refractivity contribution in [2.75, 3.05) is 0 Å². The van der Waals surface area contributed by atoms with Crippen LogP contribution in [0, 0.1) is 12.8 Å². The number of carboxylic acids is 1. The summed E-state index contributed by atoms with van der Waals surface area (Å²) in [6.45, 7) is 9.96. The minimum atomic E-state index is -0.934. The van der Waals surface area contributed by atoms with Crippen LogP contribution in [-0.2, 0) is 19.5 Å². The van der Waals surface area contributed by atoms with Crippen molar-refractivity contribution in [2.45, 2.75) is 72.9 Å². The summed E-state index contributed by atoms with van der Waals surface area (Å²) in [6, 6.07) is 14.9. The van der Waals surface area contributed by atoms with E-state index in [-0.39, 0.29) is 11.3 Å². The monoisotopic (exact) mass is 448 g/mol. The van der Waals surface area contributed by atoms with E-state index in [1.54, 1.807) is 12.1 Å². The second-order valence-corrected chi connectivity index (χ2v) is 9.24. The highest BCUT2D eigenvalue weighted by atomic mass is 16.4. The van der Waals surface area contributed by atoms with Crippen LogP contribution in [0.4, 0.5) is 0 Å². The van der Waals surface area contributed by atoms with E-state index in [2.05, 4.69) is 27.7 Å². The number of aromatic nitrogens is 2. The van der Waals surface area contributed by atoms with E-state index in [0.717, 1.165) is 61.2 Å². The molecular weight excluding hydrogens is 412 g/mol. The fraction of sp³-hybridized carbons (Fsp3) is 0.429. The van der Waals surface area contributed by atoms with E-state index in [0.29, 0.717) is 18.0 Å². The van der Waals surface area contributed by atoms with Crippen LogP contribution in [0.2, 0.25) is 0 Å². The summed E-state index contributed by atoms with van der Waals surface area (Å²) >= 11 is 0. The maximum atomic E-state index is 13.3. The normalized spacial score (nSPS) is 11.3. The average Bonchev–Trinajstić information content (AvgIpc) is 3.02. The average molecular weight is 449 g/mol. The molecule has 0 aliphatic rings. The predicted molar refractivity (Wildman–Crippen MR) is 134 cm³/mol. The number of unbranched alkanes of at least 4 members (excludes halogenated alkanes) is 2. The summed E-state index contributed by atoms with van der Waals surface area (Å²) in [5.74, 6) is -0.360. The first-order valence-corrected chi connectivity index (χ1v) is 12.0. The SMILES string of the molecule is CCCCCn1c(C)c(CCC(C)C)n(Cc2ccc(-c3ccccc3C(=O)O)cc2)c1=O. The predicted octanol–water partition coefficient (Wildman–Crippen LogP) is 6.15. The Morgan fingerprint density at radius 3 is 2.33 bits per heavy atom. The Morgan fingerprint density at radius 1 is 1.00 bits per heavy atom. The van der Waals surface area contributed by atoms with Gasteiger partial charge in [0, 0.05) is 17.9 Å². The van der Waals surface area contributed by atoms with Crippen molar-refractivity contribution in [2.24, 2.45) is 5.92 Å². The molecule has 176 valence electrons. The van der Waals surface area contributed by atoms with Crippen molar-refractivity contribution in [3.8, 4) is 11.1 Å². The molecule has 0 spiro atoms. The molecule has 0 saturated carbocycles. The third-order valence-electron chi connectivity index (χ3n) is 6.32. The molecule has 0 fully saturated rings. The quantitative estimate of drug-likeness (QED) is 0.358. The molecule has 5 nitrogen and oxygen atoms in total. The topological polar surface area (TPSA) is 64.2 Å². The van der Waals surface area contributed by atoms with Crippen molar-refractivity contribution in [3.05, 3.63) is 81.5 Å². The molecule has 3 rings (SSSR count). The van der Waals surface area contributed by atoms with Crippen molar-refractivity contribution in [1.29, 1.82) is 0 Å². The zero-order chi connectivity index (χ0) is 24.0. The van der Waals surface area contributed by atoms with Crippen LogP contribution in [0.3, 0.4) is 0 Å². The number of hydrogen-bond acceptors (Lipinski definition) is 2. The van der Waals surface area contributed by atoms with Gasteiger partial charge in [0.05, 0.1) is 12.1 Å². The van der Waals surface area contributed by atoms with Crippen LogP contribution < -0.4 is 5.69 Å². The molecule has 0 unspecified atom stereocenters. The minimum Gasteiger partial charge on any atom is -0.478 e. The number of nitrogens with zero attached hydrogens (tertiary/aromatic N) is 2. The highest BCUT2D eigenvalue weighted by Crippen LogP contribution is 2.25. The number of carboxylic acid groups (broad SMARTS) is 1. The highest BCUT2D eigenvalue weighted by Gasteiger charge is 2.17. The van der Waals surface area contributed by atoms with Gasteiger partial charge < -0.3 is 5.11 Å². The number of benzene rings is 2. The molecule has 0 amide bonds. The van der Waals surface area contributed by atoms with Gasteiger partial charge in [-0.05, 0) is 54.9 Å². The van der Waals surface area contributed by atoms with Crippen LogP contribution in [0.5, 0.6) is 0 Å². The molecule has 1 heterocycles. The Bertz CT molecular complexity index is 1140. The van der Waals surface area contributed by atoms with E-state index >= 15 is 0 Å². The Labute approximate surface area is 196 Å². The van der Waals surface area contributed by atoms with Crippen LogP contribution in [-0.4, -0.2) is 20.2 Å². The third kappa shape index (κ3) is 5.84. The van der Waals surface area contributed by atoms with Crippen molar-refractivity contribution in [3.63, 3.8) is 0 Å². The second-order valence-electron chi connectivity index (χ2n) is 9.24. The van der Waals surface area contributed by atoms with Gasteiger partial charge in [-0.15, -0.1) is 0 Å². The van der Waals surface area contributed by atoms with E-state index in [1.807, 2.05) is 45.5 Å². The first-order chi connectivity index (χ1) is 15.8. The van der Waals surface area contributed by atoms with Gasteiger partial charge in [0.1, 0.15) is 0 Å². The largest absolute Gasteiger partial charge is 0.478 e. The van der Waals surface area contributed by atoms with Crippen LogP contribution in [0.1, 0.15) is 73.8 Å². The van der Waals surface area contributed by atoms with Crippen LogP contribution in [0.15, 0.2) is 53.3 Å². The molecule has 33 heavy (non-hydrogen) atoms. The smallest absolute Gasteiger partial charge is 0.336 e. The van der Waals surface area contributed by atoms with E-state index in [4.69, 9.17) is 0 Å². The molecule has 1 aromatic heterocycles. The molecule has 1 N–H and O–H groups in total. The molecule has 0 aliphatic heterocycles. The van der Waals surface area contributed by atoms with Gasteiger partial charge in [0.15, 0.2) is 0 Å². The zero-order valence-corrected chi connectivity index (χ0v) is 20.3. The Balaban J connectivity index is 1.91. The van der Waals surface area contributed by atoms with E-state index in [9.17, 15) is 14.7 Å². The zero-order valence-electron chi connectivity index (χ0n) is 20.3. The third-order valence-corrected chi connectivity index (χ3v) is 6.32. The summed E-state index contributed by atoms with van der Waals surface area (Å²) in [5.41, 5.74) is 5.17. The lowest BCUT2D eigenvalue weighted by molar-refractivity contribution is 0.0697. The molecule has 0 saturated heterocycles. The summed E-state index contributed by atoms with van der Waals surface area (Å²) in [6.07, 6.45) is 5.21. The lowest BCUT2D eigenvalue weighted by atomic mass is 9.98. The van der Waals surface area contributed by atoms with Crippen molar-refractivity contribution in [1.82, 2.24) is 9.13 Å². The number of hydrogen-bond donors (Lipinski definition) is 1. The maximum Gasteiger partial charge on any atom is 0.336 e. The number of rotatable bonds is 11. The fourth-order valence-electron chi connectivity index (χ4n) is 4.34. The van der Waals surface area contributed by atoms with Gasteiger partial charge in [-0.25, -0.2) is 9.59 Å². The molecule has 0 aliphatic carbocycles. The molecule has 0 bridgehead atoms. The Kier molecular flexibility index (Phi) is 8.32. The first-order valence-electron chi connectivity index (χ1n) is 12.0. The molecule has 0 radical (unpaired) electrons. The molecule has 3 aromatic rings. The Morgan fingerprint density at radius 2 is 1.70 bits per heavy atom. The lowest BCUT2D eigenvalue weighted by Crippen LogP contribution is -2.26. The molecular formula is C28H36N2O3. The van der Waals surface area contributed by atoms with Crippen molar-refractivity contribution >= 4 is 5.97 Å². The fourth-order valence-corrected chi connectivity index (χ4v) is 4.34. The number of aromatic carboxylic acids is 1. The summed E-state index contributed by atoms with van der Waals surface area (Å²) < 4.78 is 3.88. The van der Waals surface area contributed by atoms with Gasteiger partial charge in [-0.3, -0.25) is 9.13 Å². The van der Waals surface area contributed by atoms with Gasteiger partial charge in [0.2, 0.25) is 0 Å². The number of carbonyl (C=O) groups is 1. The lowest BCUT2D eigenvalue weighted by Gasteiger charge is -2.11. The number of imidazole rings is 1. The van der Waals surface area contributed by atoms with Crippen LogP contribution in [0.25, 0.3) is 11.1 Å². The molecule has 0 atom stereocenters. The summed E-state index contributed by atoms with van der Waals surface area (Å²) in [4.78, 5) is 24.9. The first kappa shape index (κ1) is 24.6. The van der Waals surface area contributed by atoms with E-state index in [1.165, 1.54) is 0 Å². The van der Waals surface area contributed by atoms with Gasteiger partial charge in [-0.2, -0.15) is 0 Å². The molecule has 2 aromatic carbocycles. The van der Waals surface area contributed by atoms with Gasteiger partial charge in [0.25, 0.3) is 0 Å². The Hall–Kier alpha value is -3.08. The standard InChI is InChI=1S/C28H36N2O3/c1-5-6-9-18-29-21(4)26(17-12-20(2)3)30(28(29)33)19-22-13-15-23(16-14-22)24-10-7-8-11-25(24)27(31)32/h7-8,10-11,13-16,20H,5-6,9,12,17-19H2,1-4H3,(H,31,32). The highest BCUT2D eigenvalue weighted by molar-refractivity contribution is 5.95. The minimum absolute atomic E-state index is 0.0719. The van der Waals surface area contributed by atoms with E-state index < -0.39 is 5.97 Å². The summed E-state index contributed by atoms with van der Waals surface area (Å²) in [7, 11) is 0.